The maximum atomic E-state index is 12.7. The van der Waals surface area contributed by atoms with Crippen molar-refractivity contribution in [1.29, 1.82) is 0 Å². The van der Waals surface area contributed by atoms with Gasteiger partial charge in [0.05, 0.1) is 19.2 Å². The van der Waals surface area contributed by atoms with E-state index in [0.29, 0.717) is 44.4 Å². The zero-order chi connectivity index (χ0) is 25.7. The van der Waals surface area contributed by atoms with E-state index in [1.54, 1.807) is 12.0 Å². The number of hydrogen-bond donors (Lipinski definition) is 3. The van der Waals surface area contributed by atoms with Gasteiger partial charge in [-0.15, -0.1) is 0 Å². The molecule has 3 amide bonds. The fourth-order valence-electron chi connectivity index (χ4n) is 4.21. The van der Waals surface area contributed by atoms with Crippen molar-refractivity contribution in [2.24, 2.45) is 11.7 Å². The number of carbonyl (C=O) groups is 2. The molecule has 1 saturated heterocycles. The first kappa shape index (κ1) is 25.2. The minimum atomic E-state index is -0.538. The van der Waals surface area contributed by atoms with Gasteiger partial charge in [-0.2, -0.15) is 0 Å². The van der Waals surface area contributed by atoms with Gasteiger partial charge in [-0.3, -0.25) is 9.69 Å². The molecule has 0 spiro atoms. The average Bonchev–Trinajstić information content (AvgIpc) is 2.87. The van der Waals surface area contributed by atoms with Crippen LogP contribution in [0.3, 0.4) is 0 Å². The number of nitrogens with one attached hydrogen (secondary N) is 2. The van der Waals surface area contributed by atoms with Crippen LogP contribution in [0.2, 0.25) is 0 Å². The Bertz CT molecular complexity index is 1210. The van der Waals surface area contributed by atoms with E-state index in [1.165, 1.54) is 0 Å². The summed E-state index contributed by atoms with van der Waals surface area (Å²) in [5, 5.41) is 7.01. The largest absolute Gasteiger partial charge is 0.497 e. The third kappa shape index (κ3) is 6.01. The average molecular weight is 492 g/mol. The van der Waals surface area contributed by atoms with E-state index >= 15 is 0 Å². The molecule has 1 aliphatic rings. The minimum absolute atomic E-state index is 0.0109. The molecule has 2 aromatic carbocycles. The quantitative estimate of drug-likeness (QED) is 0.442. The SMILES string of the molecule is COc1ccc(NC(=O)N2CCN(Cc3nc(N[C@H](C(N)=O)C(C)C)c4ccccc4n3)CC2)cc1. The predicted octanol–water partition coefficient (Wildman–Crippen LogP) is 2.91. The second-order valence-electron chi connectivity index (χ2n) is 9.20. The molecule has 1 aromatic heterocycles. The number of para-hydroxylation sites is 1. The number of anilines is 2. The Hall–Kier alpha value is -3.92. The number of piperazine rings is 1. The maximum Gasteiger partial charge on any atom is 0.321 e. The number of rotatable bonds is 8. The first-order chi connectivity index (χ1) is 17.3. The molecule has 1 aliphatic heterocycles. The molecule has 0 aliphatic carbocycles. The van der Waals surface area contributed by atoms with E-state index in [0.717, 1.165) is 22.3 Å². The fourth-order valence-corrected chi connectivity index (χ4v) is 4.21. The molecular formula is C26H33N7O3. The number of aromatic nitrogens is 2. The molecule has 1 atom stereocenters. The van der Waals surface area contributed by atoms with Crippen LogP contribution in [-0.4, -0.2) is 71.0 Å². The number of benzene rings is 2. The summed E-state index contributed by atoms with van der Waals surface area (Å²) >= 11 is 0. The number of fused-ring (bicyclic) bond motifs is 1. The van der Waals surface area contributed by atoms with Crippen LogP contribution in [0.5, 0.6) is 5.75 Å². The van der Waals surface area contributed by atoms with Gasteiger partial charge < -0.3 is 26.0 Å². The number of nitrogens with zero attached hydrogens (tertiary/aromatic N) is 4. The molecule has 36 heavy (non-hydrogen) atoms. The van der Waals surface area contributed by atoms with Crippen LogP contribution in [0.25, 0.3) is 10.9 Å². The lowest BCUT2D eigenvalue weighted by Gasteiger charge is -2.34. The number of hydrogen-bond acceptors (Lipinski definition) is 7. The lowest BCUT2D eigenvalue weighted by molar-refractivity contribution is -0.119. The number of amides is 3. The minimum Gasteiger partial charge on any atom is -0.497 e. The predicted molar refractivity (Wildman–Crippen MR) is 140 cm³/mol. The molecule has 190 valence electrons. The van der Waals surface area contributed by atoms with Crippen molar-refractivity contribution in [2.75, 3.05) is 43.9 Å². The number of methoxy groups -OCH3 is 1. The standard InChI is InChI=1S/C26H33N7O3/c1-17(2)23(24(27)34)31-25-20-6-4-5-7-21(20)29-22(30-25)16-32-12-14-33(15-13-32)26(35)28-18-8-10-19(36-3)11-9-18/h4-11,17,23H,12-16H2,1-3H3,(H2,27,34)(H,28,35)(H,29,30,31)/t23-/m0/s1. The molecule has 10 nitrogen and oxygen atoms in total. The first-order valence-corrected chi connectivity index (χ1v) is 12.1. The number of ether oxygens (including phenoxy) is 1. The van der Waals surface area contributed by atoms with Crippen LogP contribution < -0.4 is 21.1 Å². The highest BCUT2D eigenvalue weighted by atomic mass is 16.5. The van der Waals surface area contributed by atoms with Gasteiger partial charge in [0.15, 0.2) is 0 Å². The van der Waals surface area contributed by atoms with Crippen molar-refractivity contribution >= 4 is 34.3 Å². The topological polar surface area (TPSA) is 126 Å². The van der Waals surface area contributed by atoms with Gasteiger partial charge in [0.2, 0.25) is 5.91 Å². The first-order valence-electron chi connectivity index (χ1n) is 12.1. The zero-order valence-electron chi connectivity index (χ0n) is 20.9. The number of primary amides is 1. The highest BCUT2D eigenvalue weighted by Gasteiger charge is 2.24. The van der Waals surface area contributed by atoms with Gasteiger partial charge >= 0.3 is 6.03 Å². The van der Waals surface area contributed by atoms with Crippen LogP contribution in [-0.2, 0) is 11.3 Å². The molecule has 1 fully saturated rings. The summed E-state index contributed by atoms with van der Waals surface area (Å²) in [7, 11) is 1.61. The van der Waals surface area contributed by atoms with Gasteiger partial charge in [-0.1, -0.05) is 26.0 Å². The molecule has 3 aromatic rings. The fraction of sp³-hybridized carbons (Fsp3) is 0.385. The summed E-state index contributed by atoms with van der Waals surface area (Å²) in [5.41, 5.74) is 7.15. The van der Waals surface area contributed by atoms with Crippen LogP contribution in [0, 0.1) is 5.92 Å². The Kier molecular flexibility index (Phi) is 7.84. The van der Waals surface area contributed by atoms with Crippen LogP contribution >= 0.6 is 0 Å². The Morgan fingerprint density at radius 3 is 2.36 bits per heavy atom. The Morgan fingerprint density at radius 1 is 1.03 bits per heavy atom. The van der Waals surface area contributed by atoms with E-state index in [4.69, 9.17) is 20.4 Å². The smallest absolute Gasteiger partial charge is 0.321 e. The van der Waals surface area contributed by atoms with Crippen molar-refractivity contribution in [3.05, 3.63) is 54.4 Å². The summed E-state index contributed by atoms with van der Waals surface area (Å²) in [6.07, 6.45) is 0. The van der Waals surface area contributed by atoms with Gasteiger partial charge in [-0.25, -0.2) is 14.8 Å². The summed E-state index contributed by atoms with van der Waals surface area (Å²) in [6, 6.07) is 14.3. The molecule has 4 N–H and O–H groups in total. The summed E-state index contributed by atoms with van der Waals surface area (Å²) < 4.78 is 5.16. The summed E-state index contributed by atoms with van der Waals surface area (Å²) in [5.74, 6) is 1.59. The molecule has 0 saturated carbocycles. The Morgan fingerprint density at radius 2 is 1.72 bits per heavy atom. The summed E-state index contributed by atoms with van der Waals surface area (Å²) in [6.45, 7) is 7.01. The van der Waals surface area contributed by atoms with E-state index in [2.05, 4.69) is 15.5 Å². The molecule has 0 bridgehead atoms. The maximum absolute atomic E-state index is 12.7. The molecule has 0 radical (unpaired) electrons. The Balaban J connectivity index is 1.40. The number of carbonyl (C=O) groups excluding carboxylic acids is 2. The van der Waals surface area contributed by atoms with Gasteiger partial charge in [0.25, 0.3) is 0 Å². The number of urea groups is 1. The third-order valence-electron chi connectivity index (χ3n) is 6.28. The van der Waals surface area contributed by atoms with Crippen molar-refractivity contribution < 1.29 is 14.3 Å². The molecule has 4 rings (SSSR count). The molecular weight excluding hydrogens is 458 g/mol. The van der Waals surface area contributed by atoms with E-state index in [-0.39, 0.29) is 11.9 Å². The molecule has 0 unspecified atom stereocenters. The van der Waals surface area contributed by atoms with Crippen molar-refractivity contribution in [3.63, 3.8) is 0 Å². The van der Waals surface area contributed by atoms with Crippen LogP contribution in [0.1, 0.15) is 19.7 Å². The van der Waals surface area contributed by atoms with Crippen LogP contribution in [0.15, 0.2) is 48.5 Å². The third-order valence-corrected chi connectivity index (χ3v) is 6.28. The van der Waals surface area contributed by atoms with E-state index in [9.17, 15) is 9.59 Å². The van der Waals surface area contributed by atoms with Crippen molar-refractivity contribution in [2.45, 2.75) is 26.4 Å². The van der Waals surface area contributed by atoms with E-state index < -0.39 is 11.9 Å². The molecule has 2 heterocycles. The number of nitrogens with two attached hydrogens (primary N) is 1. The highest BCUT2D eigenvalue weighted by molar-refractivity contribution is 5.92. The van der Waals surface area contributed by atoms with Crippen LogP contribution in [0.4, 0.5) is 16.3 Å². The second-order valence-corrected chi connectivity index (χ2v) is 9.20. The zero-order valence-corrected chi connectivity index (χ0v) is 20.9. The second kappa shape index (κ2) is 11.2. The monoisotopic (exact) mass is 491 g/mol. The van der Waals surface area contributed by atoms with Gasteiger partial charge in [0, 0.05) is 37.3 Å². The van der Waals surface area contributed by atoms with E-state index in [1.807, 2.05) is 62.4 Å². The van der Waals surface area contributed by atoms with Crippen molar-refractivity contribution in [1.82, 2.24) is 19.8 Å². The highest BCUT2D eigenvalue weighted by Crippen LogP contribution is 2.23. The van der Waals surface area contributed by atoms with Crippen molar-refractivity contribution in [3.8, 4) is 5.75 Å². The Labute approximate surface area is 210 Å². The molecule has 10 heteroatoms. The normalized spacial score (nSPS) is 15.1. The lowest BCUT2D eigenvalue weighted by Crippen LogP contribution is -2.49. The van der Waals surface area contributed by atoms with Gasteiger partial charge in [0.1, 0.15) is 23.4 Å². The lowest BCUT2D eigenvalue weighted by atomic mass is 10.0. The summed E-state index contributed by atoms with van der Waals surface area (Å²) in [4.78, 5) is 38.2. The van der Waals surface area contributed by atoms with Gasteiger partial charge in [-0.05, 0) is 42.3 Å².